The number of pyridine rings is 1. The fraction of sp³-hybridized carbons (Fsp3) is 0.120. The molecule has 0 aliphatic rings. The molecular weight excluding hydrogens is 404 g/mol. The second-order valence-corrected chi connectivity index (χ2v) is 7.51. The normalized spacial score (nSPS) is 11.0. The Morgan fingerprint density at radius 1 is 1.03 bits per heavy atom. The van der Waals surface area contributed by atoms with E-state index in [0.717, 1.165) is 23.1 Å². The molecule has 5 rings (SSSR count). The maximum atomic E-state index is 12.7. The largest absolute Gasteiger partial charge is 0.444 e. The van der Waals surface area contributed by atoms with Crippen LogP contribution in [0.25, 0.3) is 33.8 Å². The van der Waals surface area contributed by atoms with Crippen LogP contribution in [0.5, 0.6) is 0 Å². The summed E-state index contributed by atoms with van der Waals surface area (Å²) in [6, 6.07) is 17.0. The number of hydrogen-bond acceptors (Lipinski definition) is 6. The van der Waals surface area contributed by atoms with Crippen molar-refractivity contribution in [2.75, 3.05) is 6.54 Å². The van der Waals surface area contributed by atoms with Crippen LogP contribution in [0.3, 0.4) is 0 Å². The summed E-state index contributed by atoms with van der Waals surface area (Å²) in [5.74, 6) is 0.342. The molecule has 32 heavy (non-hydrogen) atoms. The van der Waals surface area contributed by atoms with Crippen LogP contribution in [0.15, 0.2) is 82.2 Å². The first kappa shape index (κ1) is 19.7. The van der Waals surface area contributed by atoms with E-state index in [2.05, 4.69) is 20.4 Å². The Balaban J connectivity index is 1.36. The number of benzene rings is 2. The van der Waals surface area contributed by atoms with E-state index in [4.69, 9.17) is 8.94 Å². The molecule has 0 unspecified atom stereocenters. The van der Waals surface area contributed by atoms with Crippen molar-refractivity contribution in [1.82, 2.24) is 20.4 Å². The Hall–Kier alpha value is -4.26. The van der Waals surface area contributed by atoms with Crippen molar-refractivity contribution in [3.63, 3.8) is 0 Å². The van der Waals surface area contributed by atoms with Crippen molar-refractivity contribution in [3.05, 3.63) is 89.9 Å². The predicted molar refractivity (Wildman–Crippen MR) is 120 cm³/mol. The van der Waals surface area contributed by atoms with E-state index in [1.807, 2.05) is 43.3 Å². The Morgan fingerprint density at radius 2 is 1.84 bits per heavy atom. The lowest BCUT2D eigenvalue weighted by atomic mass is 10.1. The lowest BCUT2D eigenvalue weighted by Gasteiger charge is -2.05. The van der Waals surface area contributed by atoms with E-state index < -0.39 is 0 Å². The standard InChI is InChI=1S/C25H20N4O3/c1-16-2-4-18(5-3-16)25-28-21(15-31-25)23-20-14-19(6-7-22(20)32-29-23)24(30)27-13-10-17-8-11-26-12-9-17/h2-9,11-12,14-15H,10,13H2,1H3,(H,27,30). The van der Waals surface area contributed by atoms with Gasteiger partial charge in [0.25, 0.3) is 5.91 Å². The Labute approximate surface area is 184 Å². The Morgan fingerprint density at radius 3 is 2.66 bits per heavy atom. The molecule has 1 N–H and O–H groups in total. The van der Waals surface area contributed by atoms with Crippen molar-refractivity contribution in [2.45, 2.75) is 13.3 Å². The lowest BCUT2D eigenvalue weighted by molar-refractivity contribution is 0.0954. The summed E-state index contributed by atoms with van der Waals surface area (Å²) in [5, 5.41) is 7.81. The minimum atomic E-state index is -0.159. The van der Waals surface area contributed by atoms with Crippen LogP contribution in [0, 0.1) is 6.92 Å². The highest BCUT2D eigenvalue weighted by Gasteiger charge is 2.17. The topological polar surface area (TPSA) is 94.0 Å². The first-order chi connectivity index (χ1) is 15.7. The van der Waals surface area contributed by atoms with E-state index in [1.165, 1.54) is 0 Å². The third kappa shape index (κ3) is 4.00. The number of carbonyl (C=O) groups excluding carboxylic acids is 1. The summed E-state index contributed by atoms with van der Waals surface area (Å²) in [4.78, 5) is 21.2. The molecule has 7 heteroatoms. The lowest BCUT2D eigenvalue weighted by Crippen LogP contribution is -2.25. The molecule has 0 aliphatic heterocycles. The fourth-order valence-corrected chi connectivity index (χ4v) is 3.45. The molecule has 0 saturated heterocycles. The highest BCUT2D eigenvalue weighted by molar-refractivity contribution is 6.00. The summed E-state index contributed by atoms with van der Waals surface area (Å²) in [6.07, 6.45) is 5.77. The molecule has 0 spiro atoms. The van der Waals surface area contributed by atoms with Gasteiger partial charge in [-0.2, -0.15) is 0 Å². The summed E-state index contributed by atoms with van der Waals surface area (Å²) < 4.78 is 11.1. The van der Waals surface area contributed by atoms with Gasteiger partial charge in [0.05, 0.1) is 5.39 Å². The van der Waals surface area contributed by atoms with Gasteiger partial charge in [0, 0.05) is 30.1 Å². The van der Waals surface area contributed by atoms with Gasteiger partial charge in [-0.15, -0.1) is 0 Å². The van der Waals surface area contributed by atoms with E-state index in [9.17, 15) is 4.79 Å². The average Bonchev–Trinajstić information content (AvgIpc) is 3.47. The van der Waals surface area contributed by atoms with E-state index in [0.29, 0.717) is 40.4 Å². The summed E-state index contributed by atoms with van der Waals surface area (Å²) in [7, 11) is 0. The van der Waals surface area contributed by atoms with Gasteiger partial charge in [0.15, 0.2) is 5.58 Å². The Bertz CT molecular complexity index is 1370. The number of hydrogen-bond donors (Lipinski definition) is 1. The zero-order valence-electron chi connectivity index (χ0n) is 17.4. The number of nitrogens with one attached hydrogen (secondary N) is 1. The first-order valence-electron chi connectivity index (χ1n) is 10.3. The monoisotopic (exact) mass is 424 g/mol. The molecular formula is C25H20N4O3. The summed E-state index contributed by atoms with van der Waals surface area (Å²) >= 11 is 0. The van der Waals surface area contributed by atoms with Crippen LogP contribution in [0.4, 0.5) is 0 Å². The molecule has 0 radical (unpaired) electrons. The molecule has 1 amide bonds. The van der Waals surface area contributed by atoms with E-state index in [1.54, 1.807) is 36.9 Å². The van der Waals surface area contributed by atoms with Crippen molar-refractivity contribution in [2.24, 2.45) is 0 Å². The number of nitrogens with zero attached hydrogens (tertiary/aromatic N) is 3. The van der Waals surface area contributed by atoms with Gasteiger partial charge in [-0.3, -0.25) is 9.78 Å². The maximum absolute atomic E-state index is 12.7. The van der Waals surface area contributed by atoms with Gasteiger partial charge >= 0.3 is 0 Å². The number of carbonyl (C=O) groups is 1. The first-order valence-corrected chi connectivity index (χ1v) is 10.3. The molecule has 0 atom stereocenters. The molecule has 158 valence electrons. The molecule has 2 aromatic carbocycles. The number of fused-ring (bicyclic) bond motifs is 1. The van der Waals surface area contributed by atoms with Gasteiger partial charge in [0.2, 0.25) is 5.89 Å². The predicted octanol–water partition coefficient (Wildman–Crippen LogP) is 4.83. The number of rotatable bonds is 6. The van der Waals surface area contributed by atoms with E-state index in [-0.39, 0.29) is 5.91 Å². The minimum absolute atomic E-state index is 0.159. The third-order valence-electron chi connectivity index (χ3n) is 5.23. The van der Waals surface area contributed by atoms with Crippen LogP contribution in [-0.4, -0.2) is 27.6 Å². The Kier molecular flexibility index (Phi) is 5.21. The molecule has 0 saturated carbocycles. The van der Waals surface area contributed by atoms with Gasteiger partial charge < -0.3 is 14.3 Å². The molecule has 0 fully saturated rings. The fourth-order valence-electron chi connectivity index (χ4n) is 3.45. The smallest absolute Gasteiger partial charge is 0.251 e. The summed E-state index contributed by atoms with van der Waals surface area (Å²) in [5.41, 5.74) is 5.35. The third-order valence-corrected chi connectivity index (χ3v) is 5.23. The number of amides is 1. The summed E-state index contributed by atoms with van der Waals surface area (Å²) in [6.45, 7) is 2.56. The van der Waals surface area contributed by atoms with Crippen molar-refractivity contribution < 1.29 is 13.7 Å². The number of aromatic nitrogens is 3. The van der Waals surface area contributed by atoms with Crippen LogP contribution >= 0.6 is 0 Å². The molecule has 3 heterocycles. The van der Waals surface area contributed by atoms with Crippen LogP contribution in [0.1, 0.15) is 21.5 Å². The van der Waals surface area contributed by atoms with Crippen LogP contribution in [-0.2, 0) is 6.42 Å². The second-order valence-electron chi connectivity index (χ2n) is 7.51. The highest BCUT2D eigenvalue weighted by Crippen LogP contribution is 2.30. The van der Waals surface area contributed by atoms with Gasteiger partial charge in [-0.1, -0.05) is 22.9 Å². The SMILES string of the molecule is Cc1ccc(-c2nc(-c3noc4ccc(C(=O)NCCc5ccncc5)cc34)co2)cc1. The quantitative estimate of drug-likeness (QED) is 0.420. The van der Waals surface area contributed by atoms with Crippen molar-refractivity contribution in [3.8, 4) is 22.8 Å². The maximum Gasteiger partial charge on any atom is 0.251 e. The van der Waals surface area contributed by atoms with Crippen LogP contribution in [0.2, 0.25) is 0 Å². The molecule has 0 bridgehead atoms. The molecule has 0 aliphatic carbocycles. The molecule has 7 nitrogen and oxygen atoms in total. The average molecular weight is 424 g/mol. The number of aryl methyl sites for hydroxylation is 1. The van der Waals surface area contributed by atoms with Gasteiger partial charge in [0.1, 0.15) is 17.7 Å². The van der Waals surface area contributed by atoms with Crippen LogP contribution < -0.4 is 5.32 Å². The van der Waals surface area contributed by atoms with E-state index >= 15 is 0 Å². The zero-order chi connectivity index (χ0) is 21.9. The number of oxazole rings is 1. The molecule has 3 aromatic heterocycles. The van der Waals surface area contributed by atoms with Crippen molar-refractivity contribution in [1.29, 1.82) is 0 Å². The van der Waals surface area contributed by atoms with Crippen molar-refractivity contribution >= 4 is 16.9 Å². The second kappa shape index (κ2) is 8.47. The van der Waals surface area contributed by atoms with Gasteiger partial charge in [-0.05, 0) is 61.4 Å². The minimum Gasteiger partial charge on any atom is -0.444 e. The highest BCUT2D eigenvalue weighted by atomic mass is 16.5. The molecule has 5 aromatic rings. The van der Waals surface area contributed by atoms with Gasteiger partial charge in [-0.25, -0.2) is 4.98 Å². The zero-order valence-corrected chi connectivity index (χ0v) is 17.4.